The van der Waals surface area contributed by atoms with Crippen LogP contribution in [0.5, 0.6) is 0 Å². The molecule has 0 aliphatic rings. The molecule has 42 valence electrons. The van der Waals surface area contributed by atoms with Gasteiger partial charge in [-0.3, -0.25) is 7.05 Å². The molecule has 0 rings (SSSR count). The monoisotopic (exact) mass is 409 g/mol. The van der Waals surface area contributed by atoms with Gasteiger partial charge in [0, 0.05) is 63.8 Å². The number of hydrogen-bond donors (Lipinski definition) is 0. The van der Waals surface area contributed by atoms with Crippen LogP contribution in [0.2, 0.25) is 6.82 Å². The normalized spacial score (nSPS) is 7.00. The number of nitrogens with zero attached hydrogens (tertiary/aromatic N) is 1. The largest absolute Gasteiger partial charge is 0.530 e. The van der Waals surface area contributed by atoms with Crippen LogP contribution in [-0.4, -0.2) is 18.8 Å². The van der Waals surface area contributed by atoms with Crippen LogP contribution in [0.15, 0.2) is 0 Å². The molecule has 0 N–H and O–H groups in total. The summed E-state index contributed by atoms with van der Waals surface area (Å²) in [4.78, 5) is 1.76. The molecule has 2 radical (unpaired) electrons. The van der Waals surface area contributed by atoms with Crippen LogP contribution >= 0.6 is 0 Å². The van der Waals surface area contributed by atoms with Crippen molar-refractivity contribution in [1.29, 1.82) is 0 Å². The van der Waals surface area contributed by atoms with Gasteiger partial charge in [0.1, 0.15) is 0 Å². The van der Waals surface area contributed by atoms with Gasteiger partial charge in [-0.2, -0.15) is 6.54 Å². The van der Waals surface area contributed by atoms with Gasteiger partial charge >= 0.3 is 0 Å². The second-order valence-electron chi connectivity index (χ2n) is 1.07. The Morgan fingerprint density at radius 1 is 1.62 bits per heavy atom. The molecule has 4 heteroatoms. The van der Waals surface area contributed by atoms with E-state index in [4.69, 9.17) is 0 Å². The summed E-state index contributed by atoms with van der Waals surface area (Å²) in [6.07, 6.45) is 0. The zero-order valence-electron chi connectivity index (χ0n) is 5.22. The summed E-state index contributed by atoms with van der Waals surface area (Å²) >= 11 is 0. The maximum absolute atomic E-state index is 3.59. The number of rotatable bonds is 2. The molecule has 0 fully saturated rings. The van der Waals surface area contributed by atoms with Crippen LogP contribution in [-0.2, 0) is 32.7 Å². The first-order chi connectivity index (χ1) is 2.81. The molecule has 8 heavy (non-hydrogen) atoms. The second-order valence-corrected chi connectivity index (χ2v) is 1.07. The minimum atomic E-state index is 0. The molecule has 0 aliphatic carbocycles. The fraction of sp³-hybridized carbons (Fsp3) is 0.500. The SMILES string of the molecule is [CH2-]CN([CH2-])[B]C.[U].[Y]. The van der Waals surface area contributed by atoms with Crippen molar-refractivity contribution >= 4 is 7.41 Å². The zero-order chi connectivity index (χ0) is 4.99. The smallest absolute Gasteiger partial charge is 0.170 e. The molecule has 0 atom stereocenters. The summed E-state index contributed by atoms with van der Waals surface area (Å²) in [6, 6.07) is 0. The van der Waals surface area contributed by atoms with Crippen molar-refractivity contribution in [2.24, 2.45) is 0 Å². The minimum absolute atomic E-state index is 0. The van der Waals surface area contributed by atoms with E-state index >= 15 is 0 Å². The Labute approximate surface area is 102 Å². The quantitative estimate of drug-likeness (QED) is 0.477. The molecule has 1 nitrogen and oxygen atoms in total. The number of hydrogen-bond acceptors (Lipinski definition) is 1. The van der Waals surface area contributed by atoms with Crippen LogP contribution < -0.4 is 0 Å². The molecule has 0 heterocycles. The van der Waals surface area contributed by atoms with E-state index in [1.807, 2.05) is 14.2 Å². The Morgan fingerprint density at radius 2 is 2.00 bits per heavy atom. The van der Waals surface area contributed by atoms with Crippen molar-refractivity contribution < 1.29 is 63.8 Å². The predicted octanol–water partition coefficient (Wildman–Crippen LogP) is 0.579. The molecule has 0 aromatic rings. The Bertz CT molecular complexity index is 35.2. The zero-order valence-corrected chi connectivity index (χ0v) is 12.2. The standard InChI is InChI=1S/C4H9BN.U.Y/c1-4-6(3)5-2;;/h1,3-4H2,2H3;;/q-2;;. The maximum atomic E-state index is 3.59. The van der Waals surface area contributed by atoms with Gasteiger partial charge in [-0.25, -0.2) is 0 Å². The molecule has 0 bridgehead atoms. The summed E-state index contributed by atoms with van der Waals surface area (Å²) in [5.41, 5.74) is 0. The average molecular weight is 409 g/mol. The van der Waals surface area contributed by atoms with E-state index in [1.54, 1.807) is 4.81 Å². The Kier molecular flexibility index (Phi) is 24.8. The molecule has 0 spiro atoms. The first kappa shape index (κ1) is 16.6. The van der Waals surface area contributed by atoms with Crippen molar-refractivity contribution in [2.45, 2.75) is 6.82 Å². The molecular formula is C4H9BNUY-2. The van der Waals surface area contributed by atoms with Gasteiger partial charge in [-0.1, -0.05) is 6.82 Å². The van der Waals surface area contributed by atoms with Crippen LogP contribution in [0.4, 0.5) is 0 Å². The summed E-state index contributed by atoms with van der Waals surface area (Å²) < 4.78 is 0. The molecule has 0 amide bonds. The third-order valence-electron chi connectivity index (χ3n) is 0.652. The molecule has 0 unspecified atom stereocenters. The van der Waals surface area contributed by atoms with Crippen molar-refractivity contribution in [2.75, 3.05) is 6.54 Å². The second kappa shape index (κ2) is 11.9. The molecule has 0 aromatic carbocycles. The van der Waals surface area contributed by atoms with Crippen molar-refractivity contribution in [3.63, 3.8) is 0 Å². The fourth-order valence-corrected chi connectivity index (χ4v) is 0.129. The van der Waals surface area contributed by atoms with E-state index in [0.717, 1.165) is 6.54 Å². The van der Waals surface area contributed by atoms with Crippen LogP contribution in [0.25, 0.3) is 0 Å². The third kappa shape index (κ3) is 11.0. The molecule has 0 saturated heterocycles. The van der Waals surface area contributed by atoms with Crippen molar-refractivity contribution in [3.05, 3.63) is 14.0 Å². The van der Waals surface area contributed by atoms with Crippen molar-refractivity contribution in [1.82, 2.24) is 4.81 Å². The van der Waals surface area contributed by atoms with E-state index < -0.39 is 0 Å². The van der Waals surface area contributed by atoms with Gasteiger partial charge in [-0.05, 0) is 0 Å². The van der Waals surface area contributed by atoms with Gasteiger partial charge < -0.3 is 11.7 Å². The van der Waals surface area contributed by atoms with E-state index in [0.29, 0.717) is 0 Å². The maximum Gasteiger partial charge on any atom is 0.170 e. The summed E-state index contributed by atoms with van der Waals surface area (Å²) in [6.45, 7) is 6.26. The van der Waals surface area contributed by atoms with Crippen LogP contribution in [0, 0.1) is 45.1 Å². The Hall–Kier alpha value is 2.18. The molecular weight excluding hydrogens is 400 g/mol. The van der Waals surface area contributed by atoms with E-state index in [1.165, 1.54) is 0 Å². The first-order valence-corrected chi connectivity index (χ1v) is 1.97. The minimum Gasteiger partial charge on any atom is -0.530 e. The summed E-state index contributed by atoms with van der Waals surface area (Å²) in [5.74, 6) is 0. The Balaban J connectivity index is -0.000000125. The first-order valence-electron chi connectivity index (χ1n) is 1.97. The van der Waals surface area contributed by atoms with Gasteiger partial charge in [0.05, 0.1) is 0 Å². The topological polar surface area (TPSA) is 3.24 Å². The summed E-state index contributed by atoms with van der Waals surface area (Å²) in [5, 5.41) is 0. The van der Waals surface area contributed by atoms with E-state index in [-0.39, 0.29) is 63.8 Å². The van der Waals surface area contributed by atoms with Gasteiger partial charge in [0.25, 0.3) is 0 Å². The Morgan fingerprint density at radius 3 is 2.00 bits per heavy atom. The van der Waals surface area contributed by atoms with Gasteiger partial charge in [0.15, 0.2) is 7.41 Å². The van der Waals surface area contributed by atoms with Crippen LogP contribution in [0.1, 0.15) is 0 Å². The molecule has 0 aliphatic heterocycles. The van der Waals surface area contributed by atoms with E-state index in [2.05, 4.69) is 14.0 Å². The van der Waals surface area contributed by atoms with Gasteiger partial charge in [-0.15, -0.1) is 0 Å². The molecule has 0 aromatic heterocycles. The van der Waals surface area contributed by atoms with Gasteiger partial charge in [0.2, 0.25) is 0 Å². The predicted molar refractivity (Wildman–Crippen MR) is 29.0 cm³/mol. The third-order valence-corrected chi connectivity index (χ3v) is 0.652. The molecule has 0 saturated carbocycles. The van der Waals surface area contributed by atoms with E-state index in [9.17, 15) is 0 Å². The fourth-order valence-electron chi connectivity index (χ4n) is 0.129. The summed E-state index contributed by atoms with van der Waals surface area (Å²) in [7, 11) is 5.47. The van der Waals surface area contributed by atoms with Crippen molar-refractivity contribution in [3.8, 4) is 0 Å². The average Bonchev–Trinajstić information content (AvgIpc) is 1.65. The van der Waals surface area contributed by atoms with Crippen LogP contribution in [0.3, 0.4) is 0 Å².